The standard InChI is InChI=1S/C14H19N3O3S/c1-14(2,3)17-10-11(9-15-17)16-21(18,19)13-8-6-5-7-12(13)20-4/h5-10,16H,1-4H3. The minimum absolute atomic E-state index is 0.0935. The summed E-state index contributed by atoms with van der Waals surface area (Å²) in [5, 5.41) is 4.17. The van der Waals surface area contributed by atoms with Gasteiger partial charge in [-0.2, -0.15) is 5.10 Å². The molecule has 7 heteroatoms. The maximum absolute atomic E-state index is 12.4. The summed E-state index contributed by atoms with van der Waals surface area (Å²) in [5.74, 6) is 0.299. The van der Waals surface area contributed by atoms with Gasteiger partial charge in [0.25, 0.3) is 10.0 Å². The molecule has 0 aliphatic carbocycles. The molecule has 0 bridgehead atoms. The maximum atomic E-state index is 12.4. The number of aromatic nitrogens is 2. The van der Waals surface area contributed by atoms with Gasteiger partial charge in [-0.3, -0.25) is 9.40 Å². The van der Waals surface area contributed by atoms with Crippen molar-refractivity contribution in [1.29, 1.82) is 0 Å². The summed E-state index contributed by atoms with van der Waals surface area (Å²) in [6.45, 7) is 5.95. The van der Waals surface area contributed by atoms with Crippen LogP contribution in [0.5, 0.6) is 5.75 Å². The van der Waals surface area contributed by atoms with Gasteiger partial charge in [-0.25, -0.2) is 8.42 Å². The van der Waals surface area contributed by atoms with Crippen molar-refractivity contribution in [2.75, 3.05) is 11.8 Å². The molecule has 114 valence electrons. The third kappa shape index (κ3) is 3.36. The maximum Gasteiger partial charge on any atom is 0.265 e. The molecule has 2 aromatic rings. The number of anilines is 1. The van der Waals surface area contributed by atoms with E-state index in [4.69, 9.17) is 4.74 Å². The second-order valence-electron chi connectivity index (χ2n) is 5.60. The van der Waals surface area contributed by atoms with E-state index < -0.39 is 10.0 Å². The molecule has 0 saturated heterocycles. The van der Waals surface area contributed by atoms with Gasteiger partial charge in [-0.15, -0.1) is 0 Å². The first-order valence-electron chi connectivity index (χ1n) is 6.45. The number of rotatable bonds is 4. The third-order valence-corrected chi connectivity index (χ3v) is 4.30. The number of methoxy groups -OCH3 is 1. The number of sulfonamides is 1. The molecule has 0 aliphatic heterocycles. The molecule has 21 heavy (non-hydrogen) atoms. The molecule has 0 saturated carbocycles. The molecule has 6 nitrogen and oxygen atoms in total. The summed E-state index contributed by atoms with van der Waals surface area (Å²) in [6.07, 6.45) is 3.14. The Morgan fingerprint density at radius 3 is 2.48 bits per heavy atom. The first-order valence-corrected chi connectivity index (χ1v) is 7.93. The van der Waals surface area contributed by atoms with Gasteiger partial charge in [0, 0.05) is 6.20 Å². The van der Waals surface area contributed by atoms with Crippen LogP contribution in [0.25, 0.3) is 0 Å². The number of benzene rings is 1. The van der Waals surface area contributed by atoms with Crippen molar-refractivity contribution in [3.8, 4) is 5.75 Å². The predicted octanol–water partition coefficient (Wildman–Crippen LogP) is 2.45. The number of hydrogen-bond donors (Lipinski definition) is 1. The van der Waals surface area contributed by atoms with E-state index >= 15 is 0 Å². The highest BCUT2D eigenvalue weighted by Gasteiger charge is 2.21. The normalized spacial score (nSPS) is 12.2. The second-order valence-corrected chi connectivity index (χ2v) is 7.25. The SMILES string of the molecule is COc1ccccc1S(=O)(=O)Nc1cnn(C(C)(C)C)c1. The average molecular weight is 309 g/mol. The summed E-state index contributed by atoms with van der Waals surface area (Å²) in [4.78, 5) is 0.0935. The Kier molecular flexibility index (Phi) is 3.95. The van der Waals surface area contributed by atoms with Gasteiger partial charge in [0.15, 0.2) is 0 Å². The van der Waals surface area contributed by atoms with Crippen LogP contribution in [0.1, 0.15) is 20.8 Å². The van der Waals surface area contributed by atoms with E-state index in [0.717, 1.165) is 0 Å². The van der Waals surface area contributed by atoms with Crippen molar-refractivity contribution >= 4 is 15.7 Å². The third-order valence-electron chi connectivity index (χ3n) is 2.88. The topological polar surface area (TPSA) is 73.2 Å². The van der Waals surface area contributed by atoms with E-state index in [1.165, 1.54) is 19.4 Å². The minimum atomic E-state index is -3.72. The van der Waals surface area contributed by atoms with Crippen molar-refractivity contribution in [3.05, 3.63) is 36.7 Å². The monoisotopic (exact) mass is 309 g/mol. The van der Waals surface area contributed by atoms with E-state index in [1.807, 2.05) is 20.8 Å². The van der Waals surface area contributed by atoms with Crippen LogP contribution in [0.2, 0.25) is 0 Å². The number of hydrogen-bond acceptors (Lipinski definition) is 4. The van der Waals surface area contributed by atoms with Crippen molar-refractivity contribution in [2.45, 2.75) is 31.2 Å². The van der Waals surface area contributed by atoms with Crippen LogP contribution in [0.15, 0.2) is 41.6 Å². The summed E-state index contributed by atoms with van der Waals surface area (Å²) < 4.78 is 34.1. The molecule has 1 aromatic carbocycles. The van der Waals surface area contributed by atoms with Gasteiger partial charge in [-0.05, 0) is 32.9 Å². The number of ether oxygens (including phenoxy) is 1. The van der Waals surface area contributed by atoms with Crippen LogP contribution in [-0.4, -0.2) is 25.3 Å². The molecule has 0 radical (unpaired) electrons. The molecule has 1 N–H and O–H groups in total. The highest BCUT2D eigenvalue weighted by Crippen LogP contribution is 2.25. The van der Waals surface area contributed by atoms with Crippen LogP contribution in [0.4, 0.5) is 5.69 Å². The molecule has 0 spiro atoms. The average Bonchev–Trinajstić information content (AvgIpc) is 2.86. The van der Waals surface area contributed by atoms with E-state index in [9.17, 15) is 8.42 Å². The molecule has 0 unspecified atom stereocenters. The highest BCUT2D eigenvalue weighted by atomic mass is 32.2. The fourth-order valence-corrected chi connectivity index (χ4v) is 2.99. The lowest BCUT2D eigenvalue weighted by atomic mass is 10.1. The lowest BCUT2D eigenvalue weighted by Crippen LogP contribution is -2.22. The van der Waals surface area contributed by atoms with Crippen molar-refractivity contribution < 1.29 is 13.2 Å². The molecular formula is C14H19N3O3S. The Bertz CT molecular complexity index is 730. The Labute approximate surface area is 124 Å². The summed E-state index contributed by atoms with van der Waals surface area (Å²) in [5.41, 5.74) is 0.199. The van der Waals surface area contributed by atoms with Gasteiger partial charge in [0.1, 0.15) is 10.6 Å². The lowest BCUT2D eigenvalue weighted by molar-refractivity contribution is 0.355. The number of nitrogens with zero attached hydrogens (tertiary/aromatic N) is 2. The summed E-state index contributed by atoms with van der Waals surface area (Å²) >= 11 is 0. The highest BCUT2D eigenvalue weighted by molar-refractivity contribution is 7.92. The van der Waals surface area contributed by atoms with Gasteiger partial charge in [0.05, 0.1) is 24.5 Å². The van der Waals surface area contributed by atoms with Gasteiger partial charge in [-0.1, -0.05) is 12.1 Å². The Hall–Kier alpha value is -2.02. The van der Waals surface area contributed by atoms with Crippen LogP contribution in [0.3, 0.4) is 0 Å². The van der Waals surface area contributed by atoms with Gasteiger partial charge in [0.2, 0.25) is 0 Å². The number of para-hydroxylation sites is 1. The van der Waals surface area contributed by atoms with Gasteiger partial charge >= 0.3 is 0 Å². The van der Waals surface area contributed by atoms with E-state index in [-0.39, 0.29) is 10.4 Å². The smallest absolute Gasteiger partial charge is 0.265 e. The molecule has 0 amide bonds. The fraction of sp³-hybridized carbons (Fsp3) is 0.357. The fourth-order valence-electron chi connectivity index (χ4n) is 1.79. The first kappa shape index (κ1) is 15.4. The predicted molar refractivity (Wildman–Crippen MR) is 81.0 cm³/mol. The molecule has 0 atom stereocenters. The minimum Gasteiger partial charge on any atom is -0.495 e. The van der Waals surface area contributed by atoms with Crippen molar-refractivity contribution in [3.63, 3.8) is 0 Å². The van der Waals surface area contributed by atoms with E-state index in [0.29, 0.717) is 11.4 Å². The molecule has 0 aliphatic rings. The molecule has 1 heterocycles. The Morgan fingerprint density at radius 2 is 1.90 bits per heavy atom. The second kappa shape index (κ2) is 5.40. The largest absolute Gasteiger partial charge is 0.495 e. The van der Waals surface area contributed by atoms with E-state index in [1.54, 1.807) is 29.1 Å². The first-order chi connectivity index (χ1) is 9.74. The van der Waals surface area contributed by atoms with E-state index in [2.05, 4.69) is 9.82 Å². The molecule has 2 rings (SSSR count). The van der Waals surface area contributed by atoms with Crippen LogP contribution in [-0.2, 0) is 15.6 Å². The Balaban J connectivity index is 2.32. The van der Waals surface area contributed by atoms with Crippen LogP contribution in [0, 0.1) is 0 Å². The summed E-state index contributed by atoms with van der Waals surface area (Å²) in [6, 6.07) is 6.47. The Morgan fingerprint density at radius 1 is 1.24 bits per heavy atom. The molecule has 0 fully saturated rings. The lowest BCUT2D eigenvalue weighted by Gasteiger charge is -2.18. The summed E-state index contributed by atoms with van der Waals surface area (Å²) in [7, 11) is -2.28. The molecular weight excluding hydrogens is 290 g/mol. The zero-order valence-corrected chi connectivity index (χ0v) is 13.3. The van der Waals surface area contributed by atoms with Crippen LogP contribution >= 0.6 is 0 Å². The van der Waals surface area contributed by atoms with Crippen molar-refractivity contribution in [2.24, 2.45) is 0 Å². The zero-order chi connectivity index (χ0) is 15.7. The molecule has 1 aromatic heterocycles. The number of nitrogens with one attached hydrogen (secondary N) is 1. The quantitative estimate of drug-likeness (QED) is 0.941. The van der Waals surface area contributed by atoms with Crippen molar-refractivity contribution in [1.82, 2.24) is 9.78 Å². The van der Waals surface area contributed by atoms with Gasteiger partial charge < -0.3 is 4.74 Å². The zero-order valence-electron chi connectivity index (χ0n) is 12.5. The van der Waals surface area contributed by atoms with Crippen LogP contribution < -0.4 is 9.46 Å².